The number of halogens is 1. The van der Waals surface area contributed by atoms with Crippen molar-refractivity contribution in [3.63, 3.8) is 0 Å². The van der Waals surface area contributed by atoms with Crippen LogP contribution in [0.5, 0.6) is 0 Å². The molecule has 2 aromatic carbocycles. The third-order valence-electron chi connectivity index (χ3n) is 2.73. The Morgan fingerprint density at radius 1 is 1.17 bits per heavy atom. The van der Waals surface area contributed by atoms with E-state index in [-0.39, 0.29) is 11.7 Å². The zero-order valence-corrected chi connectivity index (χ0v) is 9.91. The van der Waals surface area contributed by atoms with Crippen molar-refractivity contribution in [1.82, 2.24) is 0 Å². The minimum atomic E-state index is -0.369. The van der Waals surface area contributed by atoms with Crippen LogP contribution in [0.4, 0.5) is 15.8 Å². The van der Waals surface area contributed by atoms with E-state index in [0.29, 0.717) is 16.9 Å². The van der Waals surface area contributed by atoms with Crippen LogP contribution in [0, 0.1) is 12.7 Å². The number of carbonyl (C=O) groups excluding carboxylic acids is 1. The topological polar surface area (TPSA) is 55.1 Å². The molecule has 0 aliphatic rings. The summed E-state index contributed by atoms with van der Waals surface area (Å²) in [5.74, 6) is -0.657. The molecule has 0 atom stereocenters. The highest BCUT2D eigenvalue weighted by atomic mass is 19.1. The number of hydrogen-bond donors (Lipinski definition) is 2. The van der Waals surface area contributed by atoms with Crippen LogP contribution in [-0.4, -0.2) is 5.91 Å². The molecule has 92 valence electrons. The second-order valence-electron chi connectivity index (χ2n) is 3.98. The summed E-state index contributed by atoms with van der Waals surface area (Å²) in [7, 11) is 0. The zero-order valence-electron chi connectivity index (χ0n) is 9.91. The molecular formula is C14H13FN2O. The Labute approximate surface area is 104 Å². The van der Waals surface area contributed by atoms with Gasteiger partial charge in [0.15, 0.2) is 0 Å². The Balaban J connectivity index is 2.21. The first kappa shape index (κ1) is 12.1. The molecular weight excluding hydrogens is 231 g/mol. The van der Waals surface area contributed by atoms with Crippen molar-refractivity contribution < 1.29 is 9.18 Å². The Kier molecular flexibility index (Phi) is 3.28. The summed E-state index contributed by atoms with van der Waals surface area (Å²) in [5.41, 5.74) is 8.24. The van der Waals surface area contributed by atoms with Crippen LogP contribution in [0.25, 0.3) is 0 Å². The SMILES string of the molecule is Cc1c(N)cccc1NC(=O)c1ccc(F)cc1. The van der Waals surface area contributed by atoms with Gasteiger partial charge in [0.25, 0.3) is 5.91 Å². The smallest absolute Gasteiger partial charge is 0.255 e. The van der Waals surface area contributed by atoms with Gasteiger partial charge in [-0.3, -0.25) is 4.79 Å². The molecule has 2 aromatic rings. The van der Waals surface area contributed by atoms with Crippen molar-refractivity contribution in [3.8, 4) is 0 Å². The van der Waals surface area contributed by atoms with Crippen molar-refractivity contribution in [3.05, 3.63) is 59.4 Å². The maximum Gasteiger partial charge on any atom is 0.255 e. The second kappa shape index (κ2) is 4.87. The van der Waals surface area contributed by atoms with Crippen LogP contribution in [0.3, 0.4) is 0 Å². The molecule has 0 radical (unpaired) electrons. The average Bonchev–Trinajstić information content (AvgIpc) is 2.36. The number of amides is 1. The molecule has 0 spiro atoms. The van der Waals surface area contributed by atoms with E-state index < -0.39 is 0 Å². The molecule has 0 aliphatic heterocycles. The number of nitrogens with two attached hydrogens (primary N) is 1. The van der Waals surface area contributed by atoms with Gasteiger partial charge in [0.1, 0.15) is 5.82 Å². The quantitative estimate of drug-likeness (QED) is 0.798. The Morgan fingerprint density at radius 2 is 1.83 bits per heavy atom. The molecule has 0 saturated carbocycles. The molecule has 18 heavy (non-hydrogen) atoms. The van der Waals surface area contributed by atoms with Gasteiger partial charge in [0.05, 0.1) is 0 Å². The van der Waals surface area contributed by atoms with E-state index in [0.717, 1.165) is 5.56 Å². The highest BCUT2D eigenvalue weighted by Crippen LogP contribution is 2.21. The van der Waals surface area contributed by atoms with E-state index in [2.05, 4.69) is 5.32 Å². The Bertz CT molecular complexity index is 579. The lowest BCUT2D eigenvalue weighted by atomic mass is 10.1. The highest BCUT2D eigenvalue weighted by Gasteiger charge is 2.08. The van der Waals surface area contributed by atoms with Gasteiger partial charge in [0.2, 0.25) is 0 Å². The van der Waals surface area contributed by atoms with Gasteiger partial charge in [-0.25, -0.2) is 4.39 Å². The molecule has 0 saturated heterocycles. The summed E-state index contributed by atoms with van der Waals surface area (Å²) in [6.07, 6.45) is 0. The number of anilines is 2. The lowest BCUT2D eigenvalue weighted by Crippen LogP contribution is -2.13. The maximum atomic E-state index is 12.7. The summed E-state index contributed by atoms with van der Waals surface area (Å²) in [6.45, 7) is 1.83. The molecule has 2 rings (SSSR count). The summed E-state index contributed by atoms with van der Waals surface area (Å²) in [5, 5.41) is 2.75. The van der Waals surface area contributed by atoms with Gasteiger partial charge in [-0.1, -0.05) is 6.07 Å². The van der Waals surface area contributed by atoms with Crippen molar-refractivity contribution in [2.24, 2.45) is 0 Å². The van der Waals surface area contributed by atoms with Gasteiger partial charge in [0, 0.05) is 16.9 Å². The number of nitrogen functional groups attached to an aromatic ring is 1. The molecule has 4 heteroatoms. The molecule has 0 bridgehead atoms. The van der Waals surface area contributed by atoms with E-state index in [1.54, 1.807) is 18.2 Å². The molecule has 1 amide bonds. The van der Waals surface area contributed by atoms with Gasteiger partial charge in [-0.05, 0) is 48.9 Å². The molecule has 0 aliphatic carbocycles. The summed E-state index contributed by atoms with van der Waals surface area (Å²) in [6, 6.07) is 10.7. The lowest BCUT2D eigenvalue weighted by molar-refractivity contribution is 0.102. The van der Waals surface area contributed by atoms with Crippen molar-refractivity contribution >= 4 is 17.3 Å². The number of nitrogens with one attached hydrogen (secondary N) is 1. The predicted molar refractivity (Wildman–Crippen MR) is 69.9 cm³/mol. The van der Waals surface area contributed by atoms with Crippen LogP contribution in [0.15, 0.2) is 42.5 Å². The molecule has 0 aromatic heterocycles. The zero-order chi connectivity index (χ0) is 13.1. The number of carbonyl (C=O) groups is 1. The standard InChI is InChI=1S/C14H13FN2O/c1-9-12(16)3-2-4-13(9)17-14(18)10-5-7-11(15)8-6-10/h2-8H,16H2,1H3,(H,17,18). The highest BCUT2D eigenvalue weighted by molar-refractivity contribution is 6.04. The van der Waals surface area contributed by atoms with E-state index >= 15 is 0 Å². The molecule has 0 fully saturated rings. The number of benzene rings is 2. The first-order valence-corrected chi connectivity index (χ1v) is 5.50. The molecule has 0 heterocycles. The van der Waals surface area contributed by atoms with Gasteiger partial charge in [-0.2, -0.15) is 0 Å². The number of rotatable bonds is 2. The molecule has 3 nitrogen and oxygen atoms in total. The summed E-state index contributed by atoms with van der Waals surface area (Å²) < 4.78 is 12.7. The van der Waals surface area contributed by atoms with E-state index in [4.69, 9.17) is 5.73 Å². The lowest BCUT2D eigenvalue weighted by Gasteiger charge is -2.10. The van der Waals surface area contributed by atoms with Crippen LogP contribution in [0.2, 0.25) is 0 Å². The van der Waals surface area contributed by atoms with Crippen LogP contribution in [0.1, 0.15) is 15.9 Å². The number of hydrogen-bond acceptors (Lipinski definition) is 2. The third-order valence-corrected chi connectivity index (χ3v) is 2.73. The summed E-state index contributed by atoms with van der Waals surface area (Å²) in [4.78, 5) is 11.9. The van der Waals surface area contributed by atoms with E-state index in [9.17, 15) is 9.18 Å². The first-order chi connectivity index (χ1) is 8.58. The fraction of sp³-hybridized carbons (Fsp3) is 0.0714. The normalized spacial score (nSPS) is 10.1. The predicted octanol–water partition coefficient (Wildman–Crippen LogP) is 2.97. The van der Waals surface area contributed by atoms with Crippen molar-refractivity contribution in [2.75, 3.05) is 11.1 Å². The monoisotopic (exact) mass is 244 g/mol. The maximum absolute atomic E-state index is 12.7. The second-order valence-corrected chi connectivity index (χ2v) is 3.98. The molecule has 0 unspecified atom stereocenters. The third kappa shape index (κ3) is 2.48. The Hall–Kier alpha value is -2.36. The van der Waals surface area contributed by atoms with Crippen LogP contribution < -0.4 is 11.1 Å². The Morgan fingerprint density at radius 3 is 2.50 bits per heavy atom. The largest absolute Gasteiger partial charge is 0.398 e. The summed E-state index contributed by atoms with van der Waals surface area (Å²) >= 11 is 0. The molecule has 3 N–H and O–H groups in total. The van der Waals surface area contributed by atoms with Crippen molar-refractivity contribution in [1.29, 1.82) is 0 Å². The first-order valence-electron chi connectivity index (χ1n) is 5.50. The van der Waals surface area contributed by atoms with E-state index in [1.807, 2.05) is 6.92 Å². The fourth-order valence-electron chi connectivity index (χ4n) is 1.58. The average molecular weight is 244 g/mol. The van der Waals surface area contributed by atoms with Crippen LogP contribution >= 0.6 is 0 Å². The van der Waals surface area contributed by atoms with Gasteiger partial charge >= 0.3 is 0 Å². The van der Waals surface area contributed by atoms with Gasteiger partial charge in [-0.15, -0.1) is 0 Å². The van der Waals surface area contributed by atoms with Crippen molar-refractivity contribution in [2.45, 2.75) is 6.92 Å². The minimum absolute atomic E-state index is 0.288. The minimum Gasteiger partial charge on any atom is -0.398 e. The fourth-order valence-corrected chi connectivity index (χ4v) is 1.58. The van der Waals surface area contributed by atoms with Gasteiger partial charge < -0.3 is 11.1 Å². The van der Waals surface area contributed by atoms with Crippen LogP contribution in [-0.2, 0) is 0 Å². The van der Waals surface area contributed by atoms with E-state index in [1.165, 1.54) is 24.3 Å².